The molecular formula is C18H27NO2. The Morgan fingerprint density at radius 3 is 2.62 bits per heavy atom. The first kappa shape index (κ1) is 16.0. The van der Waals surface area contributed by atoms with Crippen molar-refractivity contribution >= 4 is 5.91 Å². The van der Waals surface area contributed by atoms with Crippen LogP contribution >= 0.6 is 0 Å². The molecule has 2 rings (SSSR count). The van der Waals surface area contributed by atoms with Crippen LogP contribution in [0.4, 0.5) is 0 Å². The van der Waals surface area contributed by atoms with E-state index >= 15 is 0 Å². The number of aryl methyl sites for hydroxylation is 1. The molecule has 1 saturated heterocycles. The minimum Gasteiger partial charge on any atom is -0.377 e. The molecule has 1 aromatic rings. The van der Waals surface area contributed by atoms with E-state index in [0.29, 0.717) is 19.6 Å². The van der Waals surface area contributed by atoms with E-state index in [0.717, 1.165) is 13.0 Å². The van der Waals surface area contributed by atoms with Crippen molar-refractivity contribution in [3.05, 3.63) is 35.4 Å². The van der Waals surface area contributed by atoms with Crippen molar-refractivity contribution in [1.82, 2.24) is 4.90 Å². The Morgan fingerprint density at radius 1 is 1.33 bits per heavy atom. The SMILES string of the molecule is Cc1ccc(C(C)(C)CCC(=O)N2CCOCC2C)cc1. The Hall–Kier alpha value is -1.35. The van der Waals surface area contributed by atoms with E-state index in [9.17, 15) is 4.79 Å². The summed E-state index contributed by atoms with van der Waals surface area (Å²) in [6, 6.07) is 8.84. The van der Waals surface area contributed by atoms with Crippen molar-refractivity contribution in [2.24, 2.45) is 0 Å². The van der Waals surface area contributed by atoms with Crippen LogP contribution in [0.1, 0.15) is 44.7 Å². The Kier molecular flexibility index (Phi) is 5.04. The van der Waals surface area contributed by atoms with Crippen molar-refractivity contribution in [3.63, 3.8) is 0 Å². The van der Waals surface area contributed by atoms with Gasteiger partial charge in [0.25, 0.3) is 0 Å². The summed E-state index contributed by atoms with van der Waals surface area (Å²) >= 11 is 0. The van der Waals surface area contributed by atoms with Crippen LogP contribution in [0.2, 0.25) is 0 Å². The van der Waals surface area contributed by atoms with Crippen molar-refractivity contribution < 1.29 is 9.53 Å². The number of hydrogen-bond acceptors (Lipinski definition) is 2. The highest BCUT2D eigenvalue weighted by Crippen LogP contribution is 2.29. The summed E-state index contributed by atoms with van der Waals surface area (Å²) in [6.45, 7) is 10.6. The molecule has 21 heavy (non-hydrogen) atoms. The molecule has 0 bridgehead atoms. The highest BCUT2D eigenvalue weighted by Gasteiger charge is 2.27. The molecule has 1 atom stereocenters. The number of morpholine rings is 1. The molecule has 1 fully saturated rings. The van der Waals surface area contributed by atoms with E-state index in [1.54, 1.807) is 0 Å². The van der Waals surface area contributed by atoms with E-state index in [2.05, 4.69) is 52.0 Å². The first-order valence-electron chi connectivity index (χ1n) is 7.84. The largest absolute Gasteiger partial charge is 0.377 e. The monoisotopic (exact) mass is 289 g/mol. The van der Waals surface area contributed by atoms with E-state index in [1.807, 2.05) is 4.90 Å². The maximum atomic E-state index is 12.4. The number of carbonyl (C=O) groups excluding carboxylic acids is 1. The number of ether oxygens (including phenoxy) is 1. The molecule has 1 heterocycles. The minimum atomic E-state index is 0.0267. The average Bonchev–Trinajstić information content (AvgIpc) is 2.46. The molecule has 0 N–H and O–H groups in total. The van der Waals surface area contributed by atoms with Crippen LogP contribution in [0, 0.1) is 6.92 Å². The number of hydrogen-bond donors (Lipinski definition) is 0. The zero-order chi connectivity index (χ0) is 15.5. The lowest BCUT2D eigenvalue weighted by Gasteiger charge is -2.34. The summed E-state index contributed by atoms with van der Waals surface area (Å²) in [4.78, 5) is 14.4. The second-order valence-electron chi connectivity index (χ2n) is 6.76. The summed E-state index contributed by atoms with van der Waals surface area (Å²) < 4.78 is 5.39. The Bertz CT molecular complexity index is 478. The van der Waals surface area contributed by atoms with Crippen LogP contribution in [0.3, 0.4) is 0 Å². The van der Waals surface area contributed by atoms with Gasteiger partial charge in [0.1, 0.15) is 0 Å². The molecular weight excluding hydrogens is 262 g/mol. The van der Waals surface area contributed by atoms with Gasteiger partial charge in [-0.05, 0) is 31.2 Å². The van der Waals surface area contributed by atoms with Gasteiger partial charge in [-0.1, -0.05) is 43.7 Å². The third kappa shape index (κ3) is 4.07. The molecule has 1 aliphatic rings. The molecule has 0 spiro atoms. The Morgan fingerprint density at radius 2 is 2.00 bits per heavy atom. The van der Waals surface area contributed by atoms with Gasteiger partial charge < -0.3 is 9.64 Å². The predicted molar refractivity (Wildman–Crippen MR) is 85.4 cm³/mol. The predicted octanol–water partition coefficient (Wildman–Crippen LogP) is 3.30. The number of rotatable bonds is 4. The number of amides is 1. The maximum absolute atomic E-state index is 12.4. The van der Waals surface area contributed by atoms with Gasteiger partial charge >= 0.3 is 0 Å². The van der Waals surface area contributed by atoms with Crippen LogP contribution in [0.15, 0.2) is 24.3 Å². The quantitative estimate of drug-likeness (QED) is 0.851. The third-order valence-corrected chi connectivity index (χ3v) is 4.48. The van der Waals surface area contributed by atoms with Crippen LogP contribution in [-0.4, -0.2) is 36.6 Å². The lowest BCUT2D eigenvalue weighted by Crippen LogP contribution is -2.47. The fourth-order valence-electron chi connectivity index (χ4n) is 2.81. The molecule has 1 amide bonds. The fraction of sp³-hybridized carbons (Fsp3) is 0.611. The van der Waals surface area contributed by atoms with Gasteiger partial charge in [-0.15, -0.1) is 0 Å². The van der Waals surface area contributed by atoms with Gasteiger partial charge in [0, 0.05) is 13.0 Å². The highest BCUT2D eigenvalue weighted by molar-refractivity contribution is 5.76. The maximum Gasteiger partial charge on any atom is 0.222 e. The second kappa shape index (κ2) is 6.61. The van der Waals surface area contributed by atoms with Gasteiger partial charge in [-0.2, -0.15) is 0 Å². The van der Waals surface area contributed by atoms with Crippen LogP contribution in [-0.2, 0) is 14.9 Å². The molecule has 0 aromatic heterocycles. The zero-order valence-electron chi connectivity index (χ0n) is 13.7. The summed E-state index contributed by atoms with van der Waals surface area (Å²) in [5.74, 6) is 0.256. The van der Waals surface area contributed by atoms with Gasteiger partial charge in [0.15, 0.2) is 0 Å². The van der Waals surface area contributed by atoms with Crippen molar-refractivity contribution in [1.29, 1.82) is 0 Å². The van der Waals surface area contributed by atoms with E-state index in [1.165, 1.54) is 11.1 Å². The van der Waals surface area contributed by atoms with Gasteiger partial charge in [-0.3, -0.25) is 4.79 Å². The van der Waals surface area contributed by atoms with Crippen molar-refractivity contribution in [3.8, 4) is 0 Å². The normalized spacial score (nSPS) is 19.6. The molecule has 116 valence electrons. The second-order valence-corrected chi connectivity index (χ2v) is 6.76. The van der Waals surface area contributed by atoms with Crippen LogP contribution < -0.4 is 0 Å². The molecule has 0 radical (unpaired) electrons. The van der Waals surface area contributed by atoms with E-state index in [-0.39, 0.29) is 17.4 Å². The average molecular weight is 289 g/mol. The fourth-order valence-corrected chi connectivity index (χ4v) is 2.81. The molecule has 1 unspecified atom stereocenters. The molecule has 0 saturated carbocycles. The standard InChI is InChI=1S/C18H27NO2/c1-14-5-7-16(8-6-14)18(3,4)10-9-17(20)19-11-12-21-13-15(19)2/h5-8,15H,9-13H2,1-4H3. The van der Waals surface area contributed by atoms with Gasteiger partial charge in [-0.25, -0.2) is 0 Å². The van der Waals surface area contributed by atoms with Crippen molar-refractivity contribution in [2.45, 2.75) is 52.0 Å². The molecule has 1 aliphatic heterocycles. The third-order valence-electron chi connectivity index (χ3n) is 4.48. The van der Waals surface area contributed by atoms with E-state index < -0.39 is 0 Å². The lowest BCUT2D eigenvalue weighted by molar-refractivity contribution is -0.139. The topological polar surface area (TPSA) is 29.5 Å². The van der Waals surface area contributed by atoms with Crippen molar-refractivity contribution in [2.75, 3.05) is 19.8 Å². The highest BCUT2D eigenvalue weighted by atomic mass is 16.5. The number of nitrogens with zero attached hydrogens (tertiary/aromatic N) is 1. The number of carbonyl (C=O) groups is 1. The summed E-state index contributed by atoms with van der Waals surface area (Å²) in [5, 5.41) is 0. The lowest BCUT2D eigenvalue weighted by atomic mass is 9.80. The van der Waals surface area contributed by atoms with Crippen LogP contribution in [0.5, 0.6) is 0 Å². The molecule has 0 aliphatic carbocycles. The molecule has 3 heteroatoms. The first-order valence-corrected chi connectivity index (χ1v) is 7.84. The summed E-state index contributed by atoms with van der Waals surface area (Å²) in [7, 11) is 0. The van der Waals surface area contributed by atoms with E-state index in [4.69, 9.17) is 4.74 Å². The van der Waals surface area contributed by atoms with Gasteiger partial charge in [0.05, 0.1) is 19.3 Å². The molecule has 3 nitrogen and oxygen atoms in total. The molecule has 1 aromatic carbocycles. The Labute approximate surface area is 128 Å². The zero-order valence-corrected chi connectivity index (χ0v) is 13.7. The smallest absolute Gasteiger partial charge is 0.222 e. The van der Waals surface area contributed by atoms with Crippen LogP contribution in [0.25, 0.3) is 0 Å². The summed E-state index contributed by atoms with van der Waals surface area (Å²) in [5.41, 5.74) is 2.60. The van der Waals surface area contributed by atoms with Gasteiger partial charge in [0.2, 0.25) is 5.91 Å². The Balaban J connectivity index is 1.94. The summed E-state index contributed by atoms with van der Waals surface area (Å²) in [6.07, 6.45) is 1.48. The minimum absolute atomic E-state index is 0.0267. The first-order chi connectivity index (χ1) is 9.90. The number of benzene rings is 1.